The molecule has 1 atom stereocenters. The van der Waals surface area contributed by atoms with Crippen LogP contribution in [0.25, 0.3) is 0 Å². The first kappa shape index (κ1) is 13.6. The zero-order valence-electron chi connectivity index (χ0n) is 11.9. The number of aromatic nitrogens is 2. The SMILES string of the molecule is CNC(c1cccc(OC(C)C)c1)c1ccnn1C. The van der Waals surface area contributed by atoms with Crippen LogP contribution in [0.2, 0.25) is 0 Å². The van der Waals surface area contributed by atoms with Crippen LogP contribution in [0, 0.1) is 0 Å². The number of nitrogens with one attached hydrogen (secondary N) is 1. The predicted molar refractivity (Wildman–Crippen MR) is 76.3 cm³/mol. The second-order valence-electron chi connectivity index (χ2n) is 4.84. The summed E-state index contributed by atoms with van der Waals surface area (Å²) in [6.45, 7) is 4.06. The van der Waals surface area contributed by atoms with Crippen LogP contribution < -0.4 is 10.1 Å². The Bertz CT molecular complexity index is 534. The molecule has 4 nitrogen and oxygen atoms in total. The minimum Gasteiger partial charge on any atom is -0.491 e. The van der Waals surface area contributed by atoms with Crippen LogP contribution in [0.5, 0.6) is 5.75 Å². The van der Waals surface area contributed by atoms with Gasteiger partial charge < -0.3 is 10.1 Å². The summed E-state index contributed by atoms with van der Waals surface area (Å²) in [4.78, 5) is 0. The molecular weight excluding hydrogens is 238 g/mol. The van der Waals surface area contributed by atoms with E-state index < -0.39 is 0 Å². The van der Waals surface area contributed by atoms with E-state index in [9.17, 15) is 0 Å². The minimum atomic E-state index is 0.114. The molecule has 102 valence electrons. The Labute approximate surface area is 114 Å². The summed E-state index contributed by atoms with van der Waals surface area (Å²) in [6.07, 6.45) is 1.99. The molecule has 0 aliphatic heterocycles. The first-order chi connectivity index (χ1) is 9.11. The summed E-state index contributed by atoms with van der Waals surface area (Å²) >= 11 is 0. The van der Waals surface area contributed by atoms with E-state index in [0.29, 0.717) is 0 Å². The molecule has 19 heavy (non-hydrogen) atoms. The Hall–Kier alpha value is -1.81. The van der Waals surface area contributed by atoms with Crippen molar-refractivity contribution in [2.75, 3.05) is 7.05 Å². The Morgan fingerprint density at radius 1 is 1.26 bits per heavy atom. The summed E-state index contributed by atoms with van der Waals surface area (Å²) in [5.41, 5.74) is 2.30. The highest BCUT2D eigenvalue weighted by atomic mass is 16.5. The van der Waals surface area contributed by atoms with E-state index in [2.05, 4.69) is 22.5 Å². The zero-order chi connectivity index (χ0) is 13.8. The van der Waals surface area contributed by atoms with Crippen LogP contribution in [-0.4, -0.2) is 22.9 Å². The molecule has 0 saturated heterocycles. The summed E-state index contributed by atoms with van der Waals surface area (Å²) in [5.74, 6) is 0.898. The highest BCUT2D eigenvalue weighted by Crippen LogP contribution is 2.24. The number of rotatable bonds is 5. The quantitative estimate of drug-likeness (QED) is 0.896. The lowest BCUT2D eigenvalue weighted by Crippen LogP contribution is -2.20. The first-order valence-corrected chi connectivity index (χ1v) is 6.53. The number of aryl methyl sites for hydroxylation is 1. The third kappa shape index (κ3) is 3.15. The topological polar surface area (TPSA) is 39.1 Å². The Morgan fingerprint density at radius 3 is 2.63 bits per heavy atom. The van der Waals surface area contributed by atoms with Gasteiger partial charge in [-0.05, 0) is 44.7 Å². The lowest BCUT2D eigenvalue weighted by molar-refractivity contribution is 0.242. The van der Waals surface area contributed by atoms with Crippen molar-refractivity contribution in [2.24, 2.45) is 7.05 Å². The lowest BCUT2D eigenvalue weighted by Gasteiger charge is -2.18. The van der Waals surface area contributed by atoms with Gasteiger partial charge in [0.2, 0.25) is 0 Å². The van der Waals surface area contributed by atoms with E-state index in [0.717, 1.165) is 11.4 Å². The van der Waals surface area contributed by atoms with Crippen LogP contribution >= 0.6 is 0 Å². The molecule has 0 aliphatic carbocycles. The third-order valence-corrected chi connectivity index (χ3v) is 3.01. The number of hydrogen-bond donors (Lipinski definition) is 1. The van der Waals surface area contributed by atoms with Crippen molar-refractivity contribution in [3.8, 4) is 5.75 Å². The average Bonchev–Trinajstić information content (AvgIpc) is 2.77. The molecule has 0 radical (unpaired) electrons. The largest absolute Gasteiger partial charge is 0.491 e. The van der Waals surface area contributed by atoms with Crippen LogP contribution in [0.3, 0.4) is 0 Å². The molecule has 2 rings (SSSR count). The Balaban J connectivity index is 2.31. The van der Waals surface area contributed by atoms with Crippen molar-refractivity contribution in [2.45, 2.75) is 26.0 Å². The van der Waals surface area contributed by atoms with Gasteiger partial charge in [0.05, 0.1) is 17.8 Å². The van der Waals surface area contributed by atoms with Gasteiger partial charge in [0.1, 0.15) is 5.75 Å². The maximum absolute atomic E-state index is 5.75. The number of nitrogens with zero attached hydrogens (tertiary/aromatic N) is 2. The average molecular weight is 259 g/mol. The van der Waals surface area contributed by atoms with Crippen molar-refractivity contribution in [1.82, 2.24) is 15.1 Å². The maximum atomic E-state index is 5.75. The monoisotopic (exact) mass is 259 g/mol. The summed E-state index contributed by atoms with van der Waals surface area (Å²) in [5, 5.41) is 7.55. The van der Waals surface area contributed by atoms with Gasteiger partial charge >= 0.3 is 0 Å². The second-order valence-corrected chi connectivity index (χ2v) is 4.84. The molecule has 0 bridgehead atoms. The molecule has 0 aliphatic rings. The molecular formula is C15H21N3O. The van der Waals surface area contributed by atoms with Gasteiger partial charge in [-0.1, -0.05) is 12.1 Å². The van der Waals surface area contributed by atoms with Gasteiger partial charge in [-0.3, -0.25) is 4.68 Å². The first-order valence-electron chi connectivity index (χ1n) is 6.53. The standard InChI is InChI=1S/C15H21N3O/c1-11(2)19-13-7-5-6-12(10-13)15(16-3)14-8-9-17-18(14)4/h5-11,15-16H,1-4H3. The summed E-state index contributed by atoms with van der Waals surface area (Å²) in [6, 6.07) is 10.3. The van der Waals surface area contributed by atoms with E-state index in [1.807, 2.05) is 57.0 Å². The number of benzene rings is 1. The Kier molecular flexibility index (Phi) is 4.22. The van der Waals surface area contributed by atoms with E-state index in [4.69, 9.17) is 4.74 Å². The van der Waals surface area contributed by atoms with Gasteiger partial charge in [-0.2, -0.15) is 5.10 Å². The maximum Gasteiger partial charge on any atom is 0.120 e. The lowest BCUT2D eigenvalue weighted by atomic mass is 10.0. The zero-order valence-corrected chi connectivity index (χ0v) is 11.9. The van der Waals surface area contributed by atoms with E-state index >= 15 is 0 Å². The van der Waals surface area contributed by atoms with E-state index in [1.54, 1.807) is 0 Å². The van der Waals surface area contributed by atoms with E-state index in [1.165, 1.54) is 5.56 Å². The predicted octanol–water partition coefficient (Wildman–Crippen LogP) is 2.52. The van der Waals surface area contributed by atoms with Crippen molar-refractivity contribution in [1.29, 1.82) is 0 Å². The second kappa shape index (κ2) is 5.89. The Morgan fingerprint density at radius 2 is 2.05 bits per heavy atom. The van der Waals surface area contributed by atoms with Crippen LogP contribution in [-0.2, 0) is 7.05 Å². The van der Waals surface area contributed by atoms with E-state index in [-0.39, 0.29) is 12.1 Å². The molecule has 0 spiro atoms. The summed E-state index contributed by atoms with van der Waals surface area (Å²) in [7, 11) is 3.90. The van der Waals surface area contributed by atoms with Gasteiger partial charge in [-0.25, -0.2) is 0 Å². The normalized spacial score (nSPS) is 12.7. The fraction of sp³-hybridized carbons (Fsp3) is 0.400. The molecule has 0 amide bonds. The van der Waals surface area contributed by atoms with Crippen molar-refractivity contribution < 1.29 is 4.74 Å². The molecule has 1 N–H and O–H groups in total. The molecule has 0 fully saturated rings. The molecule has 1 aromatic heterocycles. The molecule has 0 saturated carbocycles. The highest BCUT2D eigenvalue weighted by molar-refractivity contribution is 5.34. The number of ether oxygens (including phenoxy) is 1. The van der Waals surface area contributed by atoms with Gasteiger partial charge in [0, 0.05) is 13.2 Å². The van der Waals surface area contributed by atoms with Gasteiger partial charge in [0.25, 0.3) is 0 Å². The van der Waals surface area contributed by atoms with Crippen LogP contribution in [0.4, 0.5) is 0 Å². The van der Waals surface area contributed by atoms with Crippen molar-refractivity contribution in [3.63, 3.8) is 0 Å². The third-order valence-electron chi connectivity index (χ3n) is 3.01. The van der Waals surface area contributed by atoms with Gasteiger partial charge in [0.15, 0.2) is 0 Å². The van der Waals surface area contributed by atoms with Crippen LogP contribution in [0.15, 0.2) is 36.5 Å². The fourth-order valence-corrected chi connectivity index (χ4v) is 2.19. The summed E-state index contributed by atoms with van der Waals surface area (Å²) < 4.78 is 7.63. The van der Waals surface area contributed by atoms with Crippen molar-refractivity contribution >= 4 is 0 Å². The van der Waals surface area contributed by atoms with Crippen LogP contribution in [0.1, 0.15) is 31.1 Å². The fourth-order valence-electron chi connectivity index (χ4n) is 2.19. The molecule has 1 unspecified atom stereocenters. The van der Waals surface area contributed by atoms with Crippen molar-refractivity contribution in [3.05, 3.63) is 47.8 Å². The van der Waals surface area contributed by atoms with Gasteiger partial charge in [-0.15, -0.1) is 0 Å². The molecule has 4 heteroatoms. The molecule has 1 heterocycles. The smallest absolute Gasteiger partial charge is 0.120 e. The minimum absolute atomic E-state index is 0.114. The molecule has 1 aromatic carbocycles. The highest BCUT2D eigenvalue weighted by Gasteiger charge is 2.15. The molecule has 2 aromatic rings. The number of hydrogen-bond acceptors (Lipinski definition) is 3.